The highest BCUT2D eigenvalue weighted by atomic mass is 16.1. The van der Waals surface area contributed by atoms with Gasteiger partial charge in [0.2, 0.25) is 5.91 Å². The average Bonchev–Trinajstić information content (AvgIpc) is 2.16. The molecule has 3 N–H and O–H groups in total. The lowest BCUT2D eigenvalue weighted by molar-refractivity contribution is -0.120. The first-order chi connectivity index (χ1) is 6.33. The predicted molar refractivity (Wildman–Crippen MR) is 50.0 cm³/mol. The van der Waals surface area contributed by atoms with Crippen molar-refractivity contribution in [3.63, 3.8) is 0 Å². The van der Waals surface area contributed by atoms with Gasteiger partial charge < -0.3 is 11.1 Å². The van der Waals surface area contributed by atoms with Gasteiger partial charge in [0.25, 0.3) is 0 Å². The average molecular weight is 179 g/mol. The minimum absolute atomic E-state index is 0.0378. The molecule has 0 atom stereocenters. The molecule has 1 amide bonds. The van der Waals surface area contributed by atoms with Gasteiger partial charge in [-0.1, -0.05) is 6.07 Å². The van der Waals surface area contributed by atoms with Gasteiger partial charge in [-0.25, -0.2) is 0 Å². The number of amides is 1. The number of hydrogen-bond acceptors (Lipinski definition) is 3. The molecule has 0 fully saturated rings. The van der Waals surface area contributed by atoms with Crippen LogP contribution in [0.5, 0.6) is 0 Å². The minimum Gasteiger partial charge on any atom is -0.354 e. The van der Waals surface area contributed by atoms with Crippen LogP contribution in [0.15, 0.2) is 24.4 Å². The Balaban J connectivity index is 2.37. The summed E-state index contributed by atoms with van der Waals surface area (Å²) >= 11 is 0. The van der Waals surface area contributed by atoms with Crippen molar-refractivity contribution in [3.8, 4) is 0 Å². The van der Waals surface area contributed by atoms with E-state index in [0.29, 0.717) is 19.5 Å². The van der Waals surface area contributed by atoms with E-state index >= 15 is 0 Å². The largest absolute Gasteiger partial charge is 0.354 e. The summed E-state index contributed by atoms with van der Waals surface area (Å²) in [7, 11) is 0. The molecular formula is C9H13N3O. The van der Waals surface area contributed by atoms with Crippen LogP contribution in [0.3, 0.4) is 0 Å². The molecule has 0 aliphatic rings. The zero-order valence-corrected chi connectivity index (χ0v) is 7.36. The Morgan fingerprint density at radius 2 is 2.38 bits per heavy atom. The number of rotatable bonds is 4. The number of nitrogens with two attached hydrogens (primary N) is 1. The molecule has 0 saturated heterocycles. The lowest BCUT2D eigenvalue weighted by Crippen LogP contribution is -2.30. The van der Waals surface area contributed by atoms with Gasteiger partial charge in [-0.05, 0) is 12.1 Å². The smallest absolute Gasteiger partial charge is 0.226 e. The molecule has 0 aromatic carbocycles. The number of aromatic nitrogens is 1. The summed E-state index contributed by atoms with van der Waals surface area (Å²) in [6, 6.07) is 5.50. The standard InChI is InChI=1S/C9H13N3O/c10-4-6-12-9(13)7-8-3-1-2-5-11-8/h1-3,5H,4,6-7,10H2,(H,12,13). The molecule has 0 aliphatic heterocycles. The Labute approximate surface area is 77.2 Å². The van der Waals surface area contributed by atoms with Crippen LogP contribution in [0, 0.1) is 0 Å². The van der Waals surface area contributed by atoms with Gasteiger partial charge >= 0.3 is 0 Å². The van der Waals surface area contributed by atoms with E-state index in [9.17, 15) is 4.79 Å². The number of hydrogen-bond donors (Lipinski definition) is 2. The Bertz CT molecular complexity index is 261. The molecule has 0 saturated carbocycles. The molecular weight excluding hydrogens is 166 g/mol. The Morgan fingerprint density at radius 1 is 1.54 bits per heavy atom. The number of carbonyl (C=O) groups excluding carboxylic acids is 1. The fourth-order valence-corrected chi connectivity index (χ4v) is 0.941. The molecule has 0 spiro atoms. The first-order valence-electron chi connectivity index (χ1n) is 4.19. The van der Waals surface area contributed by atoms with Gasteiger partial charge in [0.15, 0.2) is 0 Å². The fraction of sp³-hybridized carbons (Fsp3) is 0.333. The summed E-state index contributed by atoms with van der Waals surface area (Å²) in [5, 5.41) is 2.68. The fourth-order valence-electron chi connectivity index (χ4n) is 0.941. The van der Waals surface area contributed by atoms with E-state index in [1.165, 1.54) is 0 Å². The first kappa shape index (κ1) is 9.67. The van der Waals surface area contributed by atoms with Crippen LogP contribution in [0.2, 0.25) is 0 Å². The lowest BCUT2D eigenvalue weighted by atomic mass is 10.2. The second-order valence-corrected chi connectivity index (χ2v) is 2.64. The van der Waals surface area contributed by atoms with Gasteiger partial charge in [-0.15, -0.1) is 0 Å². The molecule has 0 bridgehead atoms. The maximum atomic E-state index is 11.2. The second kappa shape index (κ2) is 5.27. The van der Waals surface area contributed by atoms with Crippen molar-refractivity contribution in [2.24, 2.45) is 5.73 Å². The SMILES string of the molecule is NCCNC(=O)Cc1ccccn1. The van der Waals surface area contributed by atoms with Crippen LogP contribution in [-0.4, -0.2) is 24.0 Å². The van der Waals surface area contributed by atoms with Crippen LogP contribution in [0.1, 0.15) is 5.69 Å². The van der Waals surface area contributed by atoms with E-state index in [-0.39, 0.29) is 5.91 Å². The van der Waals surface area contributed by atoms with E-state index in [1.807, 2.05) is 18.2 Å². The molecule has 1 aromatic heterocycles. The zero-order chi connectivity index (χ0) is 9.52. The topological polar surface area (TPSA) is 68.0 Å². The maximum absolute atomic E-state index is 11.2. The van der Waals surface area contributed by atoms with E-state index in [0.717, 1.165) is 5.69 Å². The first-order valence-corrected chi connectivity index (χ1v) is 4.19. The van der Waals surface area contributed by atoms with Gasteiger partial charge in [0, 0.05) is 25.0 Å². The van der Waals surface area contributed by atoms with E-state index in [1.54, 1.807) is 6.20 Å². The summed E-state index contributed by atoms with van der Waals surface area (Å²) in [6.07, 6.45) is 1.99. The van der Waals surface area contributed by atoms with Crippen LogP contribution in [0.25, 0.3) is 0 Å². The minimum atomic E-state index is -0.0378. The highest BCUT2D eigenvalue weighted by Crippen LogP contribution is 1.93. The van der Waals surface area contributed by atoms with Crippen molar-refractivity contribution in [2.45, 2.75) is 6.42 Å². The van der Waals surface area contributed by atoms with Crippen molar-refractivity contribution in [3.05, 3.63) is 30.1 Å². The molecule has 4 nitrogen and oxygen atoms in total. The summed E-state index contributed by atoms with van der Waals surface area (Å²) in [4.78, 5) is 15.2. The van der Waals surface area contributed by atoms with Crippen LogP contribution >= 0.6 is 0 Å². The normalized spacial score (nSPS) is 9.62. The maximum Gasteiger partial charge on any atom is 0.226 e. The molecule has 1 heterocycles. The number of nitrogens with one attached hydrogen (secondary N) is 1. The highest BCUT2D eigenvalue weighted by Gasteiger charge is 2.01. The third-order valence-corrected chi connectivity index (χ3v) is 1.53. The molecule has 1 aromatic rings. The van der Waals surface area contributed by atoms with Crippen LogP contribution < -0.4 is 11.1 Å². The summed E-state index contributed by atoms with van der Waals surface area (Å²) < 4.78 is 0. The molecule has 1 rings (SSSR count). The van der Waals surface area contributed by atoms with Gasteiger partial charge in [-0.2, -0.15) is 0 Å². The zero-order valence-electron chi connectivity index (χ0n) is 7.36. The van der Waals surface area contributed by atoms with Crippen molar-refractivity contribution >= 4 is 5.91 Å². The Morgan fingerprint density at radius 3 is 3.00 bits per heavy atom. The van der Waals surface area contributed by atoms with E-state index in [4.69, 9.17) is 5.73 Å². The molecule has 13 heavy (non-hydrogen) atoms. The quantitative estimate of drug-likeness (QED) is 0.666. The van der Waals surface area contributed by atoms with E-state index < -0.39 is 0 Å². The monoisotopic (exact) mass is 179 g/mol. The predicted octanol–water partition coefficient (Wildman–Crippen LogP) is -0.301. The molecule has 0 radical (unpaired) electrons. The summed E-state index contributed by atoms with van der Waals surface area (Å²) in [5.41, 5.74) is 6.01. The van der Waals surface area contributed by atoms with E-state index in [2.05, 4.69) is 10.3 Å². The number of nitrogens with zero attached hydrogens (tertiary/aromatic N) is 1. The Kier molecular flexibility index (Phi) is 3.92. The Hall–Kier alpha value is -1.42. The van der Waals surface area contributed by atoms with Crippen molar-refractivity contribution in [2.75, 3.05) is 13.1 Å². The van der Waals surface area contributed by atoms with Gasteiger partial charge in [0.1, 0.15) is 0 Å². The molecule has 0 unspecified atom stereocenters. The summed E-state index contributed by atoms with van der Waals surface area (Å²) in [6.45, 7) is 0.986. The molecule has 4 heteroatoms. The lowest BCUT2D eigenvalue weighted by Gasteiger charge is -2.01. The van der Waals surface area contributed by atoms with Crippen molar-refractivity contribution in [1.82, 2.24) is 10.3 Å². The molecule has 70 valence electrons. The second-order valence-electron chi connectivity index (χ2n) is 2.64. The number of pyridine rings is 1. The van der Waals surface area contributed by atoms with Crippen molar-refractivity contribution in [1.29, 1.82) is 0 Å². The highest BCUT2D eigenvalue weighted by molar-refractivity contribution is 5.77. The molecule has 0 aliphatic carbocycles. The summed E-state index contributed by atoms with van der Waals surface area (Å²) in [5.74, 6) is -0.0378. The van der Waals surface area contributed by atoms with Gasteiger partial charge in [0.05, 0.1) is 6.42 Å². The number of carbonyl (C=O) groups is 1. The van der Waals surface area contributed by atoms with Crippen LogP contribution in [-0.2, 0) is 11.2 Å². The third-order valence-electron chi connectivity index (χ3n) is 1.53. The van der Waals surface area contributed by atoms with Crippen molar-refractivity contribution < 1.29 is 4.79 Å². The van der Waals surface area contributed by atoms with Crippen LogP contribution in [0.4, 0.5) is 0 Å². The third kappa shape index (κ3) is 3.66. The van der Waals surface area contributed by atoms with Gasteiger partial charge in [-0.3, -0.25) is 9.78 Å².